The molecule has 7 heteroatoms. The second kappa shape index (κ2) is 8.57. The van der Waals surface area contributed by atoms with E-state index in [1.807, 2.05) is 17.2 Å². The minimum absolute atomic E-state index is 0.178. The summed E-state index contributed by atoms with van der Waals surface area (Å²) in [6.45, 7) is 3.65. The second-order valence-corrected chi connectivity index (χ2v) is 9.20. The van der Waals surface area contributed by atoms with Crippen molar-refractivity contribution in [1.29, 1.82) is 0 Å². The number of carbonyl (C=O) groups is 1. The van der Waals surface area contributed by atoms with Crippen molar-refractivity contribution in [3.63, 3.8) is 0 Å². The van der Waals surface area contributed by atoms with Crippen molar-refractivity contribution < 1.29 is 9.18 Å². The van der Waals surface area contributed by atoms with Crippen LogP contribution in [0.2, 0.25) is 0 Å². The molecule has 2 aromatic heterocycles. The highest BCUT2D eigenvalue weighted by Gasteiger charge is 2.24. The highest BCUT2D eigenvalue weighted by Crippen LogP contribution is 2.39. The minimum Gasteiger partial charge on any atom is -0.342 e. The third-order valence-corrected chi connectivity index (χ3v) is 7.02. The van der Waals surface area contributed by atoms with Crippen LogP contribution in [0.5, 0.6) is 0 Å². The number of aromatic nitrogens is 2. The van der Waals surface area contributed by atoms with Gasteiger partial charge in [0.2, 0.25) is 5.91 Å². The van der Waals surface area contributed by atoms with Gasteiger partial charge in [-0.25, -0.2) is 14.4 Å². The Hall–Kier alpha value is -1.99. The third-order valence-electron chi connectivity index (χ3n) is 5.04. The summed E-state index contributed by atoms with van der Waals surface area (Å²) in [7, 11) is 0. The first-order valence-corrected chi connectivity index (χ1v) is 11.3. The van der Waals surface area contributed by atoms with Gasteiger partial charge in [-0.3, -0.25) is 4.79 Å². The maximum absolute atomic E-state index is 13.3. The molecule has 0 N–H and O–H groups in total. The Bertz CT molecular complexity index is 965. The van der Waals surface area contributed by atoms with E-state index in [2.05, 4.69) is 9.97 Å². The number of thiophene rings is 1. The number of carbonyl (C=O) groups excluding carboxylic acids is 1. The minimum atomic E-state index is -0.259. The molecule has 0 saturated carbocycles. The number of nitrogens with zero attached hydrogens (tertiary/aromatic N) is 3. The van der Waals surface area contributed by atoms with Gasteiger partial charge in [0.1, 0.15) is 22.0 Å². The van der Waals surface area contributed by atoms with Gasteiger partial charge in [0.25, 0.3) is 0 Å². The molecule has 3 heterocycles. The molecule has 4 nitrogen and oxygen atoms in total. The molecular formula is C21H22FN3OS2. The van der Waals surface area contributed by atoms with E-state index in [1.54, 1.807) is 18.5 Å². The first kappa shape index (κ1) is 19.3. The molecule has 1 saturated heterocycles. The molecule has 0 spiro atoms. The van der Waals surface area contributed by atoms with Gasteiger partial charge >= 0.3 is 0 Å². The van der Waals surface area contributed by atoms with Crippen LogP contribution in [0.25, 0.3) is 21.3 Å². The van der Waals surface area contributed by atoms with Gasteiger partial charge in [-0.15, -0.1) is 11.3 Å². The highest BCUT2D eigenvalue weighted by molar-refractivity contribution is 8.00. The molecule has 1 fully saturated rings. The lowest BCUT2D eigenvalue weighted by molar-refractivity contribution is -0.130. The summed E-state index contributed by atoms with van der Waals surface area (Å²) in [6.07, 6.45) is 6.13. The zero-order chi connectivity index (χ0) is 19.5. The monoisotopic (exact) mass is 415 g/mol. The van der Waals surface area contributed by atoms with E-state index >= 15 is 0 Å². The molecule has 1 atom stereocenters. The molecule has 0 aliphatic carbocycles. The van der Waals surface area contributed by atoms with Gasteiger partial charge in [0.05, 0.1) is 10.6 Å². The van der Waals surface area contributed by atoms with E-state index in [4.69, 9.17) is 0 Å². The van der Waals surface area contributed by atoms with Gasteiger partial charge in [0, 0.05) is 24.0 Å². The summed E-state index contributed by atoms with van der Waals surface area (Å²) < 4.78 is 13.3. The number of likely N-dealkylation sites (tertiary alicyclic amines) is 1. The lowest BCUT2D eigenvalue weighted by Gasteiger charge is -2.23. The van der Waals surface area contributed by atoms with Crippen LogP contribution in [0.1, 0.15) is 32.6 Å². The Balaban J connectivity index is 1.62. The topological polar surface area (TPSA) is 46.1 Å². The zero-order valence-corrected chi connectivity index (χ0v) is 17.4. The van der Waals surface area contributed by atoms with Crippen LogP contribution in [-0.4, -0.2) is 39.1 Å². The Kier molecular flexibility index (Phi) is 5.92. The van der Waals surface area contributed by atoms with Crippen LogP contribution in [-0.2, 0) is 4.79 Å². The number of hydrogen-bond donors (Lipinski definition) is 0. The first-order valence-electron chi connectivity index (χ1n) is 9.57. The molecule has 1 amide bonds. The summed E-state index contributed by atoms with van der Waals surface area (Å²) in [5.74, 6) is -0.0805. The molecular weight excluding hydrogens is 393 g/mol. The fraction of sp³-hybridized carbons (Fsp3) is 0.381. The molecule has 0 radical (unpaired) electrons. The number of thioether (sulfide) groups is 1. The number of amides is 1. The summed E-state index contributed by atoms with van der Waals surface area (Å²) in [5.41, 5.74) is 1.91. The maximum Gasteiger partial charge on any atom is 0.235 e. The number of halogens is 1. The van der Waals surface area contributed by atoms with Crippen molar-refractivity contribution >= 4 is 39.2 Å². The maximum atomic E-state index is 13.3. The molecule has 4 rings (SSSR count). The Morgan fingerprint density at radius 1 is 1.14 bits per heavy atom. The van der Waals surface area contributed by atoms with Gasteiger partial charge in [-0.05, 0) is 37.5 Å². The number of fused-ring (bicyclic) bond motifs is 1. The number of rotatable bonds is 4. The Morgan fingerprint density at radius 3 is 2.57 bits per heavy atom. The quantitative estimate of drug-likeness (QED) is 0.424. The summed E-state index contributed by atoms with van der Waals surface area (Å²) in [6, 6.07) is 6.45. The Morgan fingerprint density at radius 2 is 1.86 bits per heavy atom. The predicted molar refractivity (Wildman–Crippen MR) is 113 cm³/mol. The second-order valence-electron chi connectivity index (χ2n) is 7.01. The summed E-state index contributed by atoms with van der Waals surface area (Å²) in [4.78, 5) is 24.7. The largest absolute Gasteiger partial charge is 0.342 e. The van der Waals surface area contributed by atoms with E-state index < -0.39 is 0 Å². The first-order chi connectivity index (χ1) is 13.6. The predicted octanol–water partition coefficient (Wildman–Crippen LogP) is 5.38. The summed E-state index contributed by atoms with van der Waals surface area (Å²) >= 11 is 3.03. The van der Waals surface area contributed by atoms with E-state index in [9.17, 15) is 9.18 Å². The van der Waals surface area contributed by atoms with Gasteiger partial charge in [0.15, 0.2) is 0 Å². The van der Waals surface area contributed by atoms with Crippen molar-refractivity contribution in [3.05, 3.63) is 41.8 Å². The fourth-order valence-electron chi connectivity index (χ4n) is 3.54. The average Bonchev–Trinajstić information content (AvgIpc) is 2.95. The SMILES string of the molecule is CC(Sc1ncnc2scc(-c3ccc(F)cc3)c12)C(=O)N1CCCCCC1. The van der Waals surface area contributed by atoms with Gasteiger partial charge < -0.3 is 4.90 Å². The molecule has 1 aromatic carbocycles. The van der Waals surface area contributed by atoms with Crippen LogP contribution in [0, 0.1) is 5.82 Å². The van der Waals surface area contributed by atoms with Crippen LogP contribution in [0.15, 0.2) is 41.0 Å². The molecule has 1 aliphatic heterocycles. The molecule has 3 aromatic rings. The van der Waals surface area contributed by atoms with E-state index in [-0.39, 0.29) is 17.0 Å². The molecule has 146 valence electrons. The van der Waals surface area contributed by atoms with Crippen molar-refractivity contribution in [2.24, 2.45) is 0 Å². The van der Waals surface area contributed by atoms with Crippen molar-refractivity contribution in [3.8, 4) is 11.1 Å². The standard InChI is InChI=1S/C21H22FN3OS2/c1-14(21(26)25-10-4-2-3-5-11-25)28-20-18-17(12-27-19(18)23-13-24-20)15-6-8-16(22)9-7-15/h6-9,12-14H,2-5,10-11H2,1H3. The van der Waals surface area contributed by atoms with E-state index in [0.29, 0.717) is 0 Å². The van der Waals surface area contributed by atoms with E-state index in [1.165, 1.54) is 48.1 Å². The molecule has 0 bridgehead atoms. The number of hydrogen-bond acceptors (Lipinski definition) is 5. The summed E-state index contributed by atoms with van der Waals surface area (Å²) in [5, 5.41) is 3.57. The Labute approximate surface area is 172 Å². The van der Waals surface area contributed by atoms with Crippen molar-refractivity contribution in [2.45, 2.75) is 42.9 Å². The van der Waals surface area contributed by atoms with Crippen molar-refractivity contribution in [1.82, 2.24) is 14.9 Å². The molecule has 1 aliphatic rings. The van der Waals surface area contributed by atoms with Gasteiger partial charge in [-0.1, -0.05) is 36.7 Å². The average molecular weight is 416 g/mol. The third kappa shape index (κ3) is 4.05. The normalized spacial score (nSPS) is 16.1. The van der Waals surface area contributed by atoms with Crippen LogP contribution >= 0.6 is 23.1 Å². The fourth-order valence-corrected chi connectivity index (χ4v) is 5.54. The van der Waals surface area contributed by atoms with E-state index in [0.717, 1.165) is 52.3 Å². The molecule has 1 unspecified atom stereocenters. The van der Waals surface area contributed by atoms with Gasteiger partial charge in [-0.2, -0.15) is 0 Å². The molecule has 28 heavy (non-hydrogen) atoms. The van der Waals surface area contributed by atoms with Crippen LogP contribution < -0.4 is 0 Å². The van der Waals surface area contributed by atoms with Crippen LogP contribution in [0.3, 0.4) is 0 Å². The number of benzene rings is 1. The smallest absolute Gasteiger partial charge is 0.235 e. The highest BCUT2D eigenvalue weighted by atomic mass is 32.2. The van der Waals surface area contributed by atoms with Crippen LogP contribution in [0.4, 0.5) is 4.39 Å². The van der Waals surface area contributed by atoms with Crippen molar-refractivity contribution in [2.75, 3.05) is 13.1 Å². The zero-order valence-electron chi connectivity index (χ0n) is 15.7. The lowest BCUT2D eigenvalue weighted by atomic mass is 10.1. The lowest BCUT2D eigenvalue weighted by Crippen LogP contribution is -2.37.